The second-order valence-corrected chi connectivity index (χ2v) is 5.25. The Bertz CT molecular complexity index is 846. The highest BCUT2D eigenvalue weighted by Gasteiger charge is 2.25. The van der Waals surface area contributed by atoms with Crippen molar-refractivity contribution >= 4 is 27.6 Å². The highest BCUT2D eigenvalue weighted by atomic mass is 79.9. The summed E-state index contributed by atoms with van der Waals surface area (Å²) >= 11 is 2.92. The van der Waals surface area contributed by atoms with Crippen molar-refractivity contribution in [3.63, 3.8) is 0 Å². The lowest BCUT2D eigenvalue weighted by molar-refractivity contribution is -0.0504. The minimum absolute atomic E-state index is 0.112. The molecule has 24 heavy (non-hydrogen) atoms. The van der Waals surface area contributed by atoms with Gasteiger partial charge in [-0.15, -0.1) is 0 Å². The van der Waals surface area contributed by atoms with Crippen LogP contribution >= 0.6 is 15.9 Å². The maximum Gasteiger partial charge on any atom is 0.387 e. The summed E-state index contributed by atoms with van der Waals surface area (Å²) in [5.74, 6) is -2.16. The van der Waals surface area contributed by atoms with Crippen LogP contribution in [0.2, 0.25) is 0 Å². The van der Waals surface area contributed by atoms with Crippen LogP contribution in [0.5, 0.6) is 5.75 Å². The van der Waals surface area contributed by atoms with Gasteiger partial charge in [-0.05, 0) is 22.0 Å². The molecule has 0 radical (unpaired) electrons. The van der Waals surface area contributed by atoms with E-state index in [2.05, 4.69) is 25.4 Å². The number of nitriles is 1. The molecule has 0 aliphatic rings. The molecule has 1 aromatic heterocycles. The van der Waals surface area contributed by atoms with Crippen LogP contribution in [0.1, 0.15) is 16.1 Å². The van der Waals surface area contributed by atoms with Crippen LogP contribution in [0.3, 0.4) is 0 Å². The molecule has 2 N–H and O–H groups in total. The van der Waals surface area contributed by atoms with Crippen molar-refractivity contribution in [2.75, 3.05) is 12.8 Å². The maximum atomic E-state index is 13.7. The number of nitrogens with zero attached hydrogens (tertiary/aromatic N) is 2. The number of nitrogens with two attached hydrogens (primary N) is 1. The van der Waals surface area contributed by atoms with Gasteiger partial charge in [-0.25, -0.2) is 9.18 Å². The molecule has 0 saturated heterocycles. The number of hydrogen-bond donors (Lipinski definition) is 1. The standard InChI is InChI=1S/C14H9BrF3N3O3/c1-23-13(22)11-10(20)6(4-19)5-21(11)9-3-7(16)2-8(15)12(9)24-14(17)18/h2-3,5,14H,20H2,1H3. The van der Waals surface area contributed by atoms with E-state index in [1.807, 2.05) is 0 Å². The van der Waals surface area contributed by atoms with Gasteiger partial charge in [0.2, 0.25) is 0 Å². The van der Waals surface area contributed by atoms with Crippen molar-refractivity contribution in [2.24, 2.45) is 0 Å². The average Bonchev–Trinajstić information content (AvgIpc) is 2.85. The van der Waals surface area contributed by atoms with E-state index >= 15 is 0 Å². The zero-order valence-corrected chi connectivity index (χ0v) is 13.6. The van der Waals surface area contributed by atoms with Gasteiger partial charge < -0.3 is 19.8 Å². The molecule has 1 aromatic carbocycles. The second-order valence-electron chi connectivity index (χ2n) is 4.39. The van der Waals surface area contributed by atoms with Gasteiger partial charge in [-0.1, -0.05) is 0 Å². The lowest BCUT2D eigenvalue weighted by Gasteiger charge is -2.15. The number of alkyl halides is 2. The predicted octanol–water partition coefficient (Wildman–Crippen LogP) is 3.22. The molecule has 126 valence electrons. The summed E-state index contributed by atoms with van der Waals surface area (Å²) in [6.07, 6.45) is 1.10. The minimum Gasteiger partial charge on any atom is -0.464 e. The summed E-state index contributed by atoms with van der Waals surface area (Å²) in [7, 11) is 1.07. The molecule has 1 heterocycles. The van der Waals surface area contributed by atoms with Gasteiger partial charge in [0.25, 0.3) is 0 Å². The summed E-state index contributed by atoms with van der Waals surface area (Å²) in [5, 5.41) is 9.05. The van der Waals surface area contributed by atoms with Gasteiger partial charge in [-0.2, -0.15) is 14.0 Å². The fraction of sp³-hybridized carbons (Fsp3) is 0.143. The van der Waals surface area contributed by atoms with Crippen molar-refractivity contribution in [3.05, 3.63) is 39.9 Å². The Balaban J connectivity index is 2.81. The smallest absolute Gasteiger partial charge is 0.387 e. The first-order valence-corrected chi connectivity index (χ1v) is 7.02. The molecular weight excluding hydrogens is 395 g/mol. The number of methoxy groups -OCH3 is 1. The van der Waals surface area contributed by atoms with E-state index in [1.54, 1.807) is 6.07 Å². The molecule has 0 bridgehead atoms. The summed E-state index contributed by atoms with van der Waals surface area (Å²) in [6.45, 7) is -3.20. The Morgan fingerprint density at radius 2 is 2.12 bits per heavy atom. The Hall–Kier alpha value is -2.67. The van der Waals surface area contributed by atoms with Gasteiger partial charge in [0, 0.05) is 12.3 Å². The molecule has 0 aliphatic carbocycles. The van der Waals surface area contributed by atoms with E-state index in [-0.39, 0.29) is 27.1 Å². The SMILES string of the molecule is COC(=O)c1c(N)c(C#N)cn1-c1cc(F)cc(Br)c1OC(F)F. The molecule has 2 aromatic rings. The highest BCUT2D eigenvalue weighted by Crippen LogP contribution is 2.37. The lowest BCUT2D eigenvalue weighted by Crippen LogP contribution is -2.13. The van der Waals surface area contributed by atoms with Crippen LogP contribution in [0, 0.1) is 17.1 Å². The summed E-state index contributed by atoms with van der Waals surface area (Å²) in [5.41, 5.74) is 4.81. The number of halogens is 4. The first-order valence-electron chi connectivity index (χ1n) is 6.23. The number of carbonyl (C=O) groups is 1. The number of hydrogen-bond acceptors (Lipinski definition) is 5. The largest absolute Gasteiger partial charge is 0.464 e. The fourth-order valence-electron chi connectivity index (χ4n) is 2.04. The zero-order valence-electron chi connectivity index (χ0n) is 12.0. The zero-order chi connectivity index (χ0) is 18.0. The molecule has 6 nitrogen and oxygen atoms in total. The Kier molecular flexibility index (Phi) is 5.04. The van der Waals surface area contributed by atoms with Gasteiger partial charge in [0.05, 0.1) is 28.5 Å². The monoisotopic (exact) mass is 403 g/mol. The molecule has 2 rings (SSSR count). The molecule has 0 atom stereocenters. The molecule has 0 amide bonds. The van der Waals surface area contributed by atoms with Crippen molar-refractivity contribution in [1.82, 2.24) is 4.57 Å². The van der Waals surface area contributed by atoms with E-state index < -0.39 is 24.1 Å². The molecule has 0 spiro atoms. The topological polar surface area (TPSA) is 90.3 Å². The van der Waals surface area contributed by atoms with E-state index in [0.717, 1.165) is 30.0 Å². The predicted molar refractivity (Wildman–Crippen MR) is 80.5 cm³/mol. The van der Waals surface area contributed by atoms with Gasteiger partial charge in [0.1, 0.15) is 11.9 Å². The van der Waals surface area contributed by atoms with Gasteiger partial charge >= 0.3 is 12.6 Å². The minimum atomic E-state index is -3.20. The number of ether oxygens (including phenoxy) is 2. The number of nitrogen functional groups attached to an aromatic ring is 1. The fourth-order valence-corrected chi connectivity index (χ4v) is 2.55. The Morgan fingerprint density at radius 1 is 1.46 bits per heavy atom. The average molecular weight is 404 g/mol. The van der Waals surface area contributed by atoms with Crippen LogP contribution in [-0.4, -0.2) is 24.3 Å². The van der Waals surface area contributed by atoms with Crippen molar-refractivity contribution in [3.8, 4) is 17.5 Å². The van der Waals surface area contributed by atoms with Crippen molar-refractivity contribution in [1.29, 1.82) is 5.26 Å². The van der Waals surface area contributed by atoms with Crippen LogP contribution in [0.4, 0.5) is 18.9 Å². The summed E-state index contributed by atoms with van der Waals surface area (Å²) < 4.78 is 48.9. The van der Waals surface area contributed by atoms with Crippen LogP contribution in [0.25, 0.3) is 5.69 Å². The van der Waals surface area contributed by atoms with Crippen LogP contribution in [0.15, 0.2) is 22.8 Å². The highest BCUT2D eigenvalue weighted by molar-refractivity contribution is 9.10. The molecule has 0 saturated carbocycles. The van der Waals surface area contributed by atoms with Crippen molar-refractivity contribution < 1.29 is 27.4 Å². The third-order valence-corrected chi connectivity index (χ3v) is 3.59. The quantitative estimate of drug-likeness (QED) is 0.791. The third-order valence-electron chi connectivity index (χ3n) is 3.00. The Morgan fingerprint density at radius 3 is 2.67 bits per heavy atom. The number of carbonyl (C=O) groups excluding carboxylic acids is 1. The van der Waals surface area contributed by atoms with Gasteiger partial charge in [0.15, 0.2) is 11.4 Å². The Labute approximate surface area is 142 Å². The number of benzene rings is 1. The lowest BCUT2D eigenvalue weighted by atomic mass is 10.2. The van der Waals surface area contributed by atoms with E-state index in [0.29, 0.717) is 0 Å². The molecule has 0 unspecified atom stereocenters. The van der Waals surface area contributed by atoms with E-state index in [4.69, 9.17) is 11.0 Å². The number of anilines is 1. The molecule has 0 fully saturated rings. The van der Waals surface area contributed by atoms with E-state index in [1.165, 1.54) is 0 Å². The number of aromatic nitrogens is 1. The summed E-state index contributed by atoms with van der Waals surface area (Å²) in [6, 6.07) is 3.52. The van der Waals surface area contributed by atoms with Gasteiger partial charge in [-0.3, -0.25) is 0 Å². The normalized spacial score (nSPS) is 10.5. The van der Waals surface area contributed by atoms with E-state index in [9.17, 15) is 18.0 Å². The summed E-state index contributed by atoms with van der Waals surface area (Å²) in [4.78, 5) is 11.9. The molecular formula is C14H9BrF3N3O3. The number of esters is 1. The van der Waals surface area contributed by atoms with Crippen molar-refractivity contribution in [2.45, 2.75) is 6.61 Å². The molecule has 10 heteroatoms. The molecule has 0 aliphatic heterocycles. The van der Waals surface area contributed by atoms with Crippen LogP contribution in [-0.2, 0) is 4.74 Å². The third kappa shape index (κ3) is 3.16. The number of rotatable bonds is 4. The first kappa shape index (κ1) is 17.7. The second kappa shape index (κ2) is 6.84. The first-order chi connectivity index (χ1) is 11.3. The maximum absolute atomic E-state index is 13.7. The van der Waals surface area contributed by atoms with Crippen LogP contribution < -0.4 is 10.5 Å².